The summed E-state index contributed by atoms with van der Waals surface area (Å²) in [5.74, 6) is 0. The Morgan fingerprint density at radius 3 is 2.67 bits per heavy atom. The summed E-state index contributed by atoms with van der Waals surface area (Å²) in [6.07, 6.45) is 0.541. The van der Waals surface area contributed by atoms with E-state index in [0.29, 0.717) is 11.3 Å². The van der Waals surface area contributed by atoms with E-state index in [9.17, 15) is 4.79 Å². The molecule has 4 heteroatoms. The maximum Gasteiger partial charge on any atom is 0.202 e. The molecule has 9 heavy (non-hydrogen) atoms. The third-order valence-electron chi connectivity index (χ3n) is 0.853. The quantitative estimate of drug-likeness (QED) is 0.596. The second kappa shape index (κ2) is 2.14. The fraction of sp³-hybridized carbons (Fsp3) is 0.200. The van der Waals surface area contributed by atoms with Crippen LogP contribution in [0.15, 0.2) is 0 Å². The molecule has 0 atom stereocenters. The Bertz CT molecular complexity index is 231. The van der Waals surface area contributed by atoms with Gasteiger partial charge in [-0.15, -0.1) is 0 Å². The van der Waals surface area contributed by atoms with Crippen LogP contribution in [0.25, 0.3) is 0 Å². The van der Waals surface area contributed by atoms with Crippen LogP contribution in [0.2, 0.25) is 0 Å². The molecule has 1 heterocycles. The standard InChI is InChI=1S/C5H5NO2S/c1-3-6-4(2-7)5(8)9-3/h2,8H,1H3. The summed E-state index contributed by atoms with van der Waals surface area (Å²) in [5.41, 5.74) is 0.137. The molecule has 0 fully saturated rings. The van der Waals surface area contributed by atoms with E-state index >= 15 is 0 Å². The van der Waals surface area contributed by atoms with E-state index in [0.717, 1.165) is 11.3 Å². The van der Waals surface area contributed by atoms with Gasteiger partial charge in [-0.1, -0.05) is 11.3 Å². The van der Waals surface area contributed by atoms with Gasteiger partial charge in [0.15, 0.2) is 12.0 Å². The van der Waals surface area contributed by atoms with Crippen LogP contribution < -0.4 is 0 Å². The highest BCUT2D eigenvalue weighted by Crippen LogP contribution is 2.22. The number of aryl methyl sites for hydroxylation is 1. The van der Waals surface area contributed by atoms with Crippen molar-refractivity contribution >= 4 is 17.6 Å². The molecule has 0 aliphatic rings. The van der Waals surface area contributed by atoms with Gasteiger partial charge in [0, 0.05) is 0 Å². The van der Waals surface area contributed by atoms with Crippen molar-refractivity contribution < 1.29 is 9.90 Å². The summed E-state index contributed by atoms with van der Waals surface area (Å²) in [7, 11) is 0. The first kappa shape index (κ1) is 6.22. The number of hydrogen-bond donors (Lipinski definition) is 1. The molecule has 1 aromatic heterocycles. The Kier molecular flexibility index (Phi) is 1.48. The maximum atomic E-state index is 10.0. The van der Waals surface area contributed by atoms with Crippen molar-refractivity contribution in [2.24, 2.45) is 0 Å². The van der Waals surface area contributed by atoms with Crippen LogP contribution in [0.1, 0.15) is 15.5 Å². The lowest BCUT2D eigenvalue weighted by molar-refractivity contribution is 0.111. The van der Waals surface area contributed by atoms with Crippen LogP contribution >= 0.6 is 11.3 Å². The van der Waals surface area contributed by atoms with E-state index in [-0.39, 0.29) is 10.8 Å². The zero-order valence-corrected chi connectivity index (χ0v) is 5.60. The van der Waals surface area contributed by atoms with Crippen LogP contribution in [0.3, 0.4) is 0 Å². The molecule has 0 bridgehead atoms. The molecule has 0 aliphatic carbocycles. The maximum absolute atomic E-state index is 10.0. The molecule has 3 nitrogen and oxygen atoms in total. The van der Waals surface area contributed by atoms with E-state index in [1.165, 1.54) is 0 Å². The highest BCUT2D eigenvalue weighted by atomic mass is 32.1. The molecule has 1 aromatic rings. The van der Waals surface area contributed by atoms with Crippen molar-refractivity contribution in [1.82, 2.24) is 4.98 Å². The zero-order valence-electron chi connectivity index (χ0n) is 4.79. The molecule has 1 rings (SSSR count). The molecular formula is C5H5NO2S. The van der Waals surface area contributed by atoms with Gasteiger partial charge in [-0.3, -0.25) is 4.79 Å². The van der Waals surface area contributed by atoms with Gasteiger partial charge in [0.05, 0.1) is 5.01 Å². The average molecular weight is 143 g/mol. The number of hydrogen-bond acceptors (Lipinski definition) is 4. The van der Waals surface area contributed by atoms with Crippen LogP contribution in [-0.4, -0.2) is 16.4 Å². The van der Waals surface area contributed by atoms with Gasteiger partial charge in [-0.05, 0) is 6.92 Å². The summed E-state index contributed by atoms with van der Waals surface area (Å²) in [4.78, 5) is 13.8. The van der Waals surface area contributed by atoms with E-state index in [1.807, 2.05) is 0 Å². The molecular weight excluding hydrogens is 138 g/mol. The number of thiazole rings is 1. The van der Waals surface area contributed by atoms with Crippen LogP contribution in [0, 0.1) is 6.92 Å². The van der Waals surface area contributed by atoms with E-state index in [1.54, 1.807) is 6.92 Å². The third-order valence-corrected chi connectivity index (χ3v) is 1.64. The monoisotopic (exact) mass is 143 g/mol. The van der Waals surface area contributed by atoms with E-state index < -0.39 is 0 Å². The molecule has 0 amide bonds. The number of aromatic nitrogens is 1. The van der Waals surface area contributed by atoms with Crippen molar-refractivity contribution in [3.05, 3.63) is 10.7 Å². The molecule has 0 radical (unpaired) electrons. The lowest BCUT2D eigenvalue weighted by atomic mass is 10.5. The smallest absolute Gasteiger partial charge is 0.202 e. The van der Waals surface area contributed by atoms with Gasteiger partial charge in [0.25, 0.3) is 0 Å². The van der Waals surface area contributed by atoms with E-state index in [4.69, 9.17) is 5.11 Å². The number of carbonyl (C=O) groups excluding carboxylic acids is 1. The molecule has 0 aromatic carbocycles. The normalized spacial score (nSPS) is 9.44. The molecule has 0 saturated carbocycles. The van der Waals surface area contributed by atoms with Gasteiger partial charge in [-0.25, -0.2) is 4.98 Å². The minimum atomic E-state index is 0.00231. The average Bonchev–Trinajstić information content (AvgIpc) is 2.10. The first-order chi connectivity index (χ1) is 4.24. The highest BCUT2D eigenvalue weighted by molar-refractivity contribution is 7.13. The largest absolute Gasteiger partial charge is 0.498 e. The first-order valence-electron chi connectivity index (χ1n) is 2.35. The number of carbonyl (C=O) groups is 1. The van der Waals surface area contributed by atoms with Crippen molar-refractivity contribution in [3.8, 4) is 5.06 Å². The summed E-state index contributed by atoms with van der Waals surface area (Å²) < 4.78 is 0. The van der Waals surface area contributed by atoms with Gasteiger partial charge in [0.2, 0.25) is 5.06 Å². The third kappa shape index (κ3) is 1.08. The van der Waals surface area contributed by atoms with Gasteiger partial charge >= 0.3 is 0 Å². The minimum absolute atomic E-state index is 0.00231. The lowest BCUT2D eigenvalue weighted by Gasteiger charge is -1.76. The molecule has 1 N–H and O–H groups in total. The molecule has 0 unspecified atom stereocenters. The van der Waals surface area contributed by atoms with E-state index in [2.05, 4.69) is 4.98 Å². The van der Waals surface area contributed by atoms with Gasteiger partial charge < -0.3 is 5.11 Å². The lowest BCUT2D eigenvalue weighted by Crippen LogP contribution is -1.77. The second-order valence-corrected chi connectivity index (χ2v) is 2.72. The van der Waals surface area contributed by atoms with Crippen molar-refractivity contribution in [1.29, 1.82) is 0 Å². The summed E-state index contributed by atoms with van der Waals surface area (Å²) in [6, 6.07) is 0. The SMILES string of the molecule is Cc1nc(C=O)c(O)s1. The minimum Gasteiger partial charge on any atom is -0.498 e. The molecule has 0 spiro atoms. The summed E-state index contributed by atoms with van der Waals surface area (Å²) in [6.45, 7) is 1.73. The fourth-order valence-corrected chi connectivity index (χ4v) is 1.13. The van der Waals surface area contributed by atoms with Crippen molar-refractivity contribution in [2.45, 2.75) is 6.92 Å². The Morgan fingerprint density at radius 2 is 2.44 bits per heavy atom. The van der Waals surface area contributed by atoms with Crippen LogP contribution in [0.4, 0.5) is 0 Å². The Balaban J connectivity index is 3.15. The number of rotatable bonds is 1. The predicted molar refractivity (Wildman–Crippen MR) is 33.9 cm³/mol. The zero-order chi connectivity index (χ0) is 6.85. The predicted octanol–water partition coefficient (Wildman–Crippen LogP) is 0.970. The summed E-state index contributed by atoms with van der Waals surface area (Å²) in [5, 5.41) is 9.56. The first-order valence-corrected chi connectivity index (χ1v) is 3.17. The molecule has 0 saturated heterocycles. The Hall–Kier alpha value is -0.900. The van der Waals surface area contributed by atoms with Crippen LogP contribution in [-0.2, 0) is 0 Å². The van der Waals surface area contributed by atoms with Crippen molar-refractivity contribution in [3.63, 3.8) is 0 Å². The summed E-state index contributed by atoms with van der Waals surface area (Å²) >= 11 is 1.11. The topological polar surface area (TPSA) is 50.2 Å². The highest BCUT2D eigenvalue weighted by Gasteiger charge is 2.03. The number of aromatic hydroxyl groups is 1. The molecule has 48 valence electrons. The fourth-order valence-electron chi connectivity index (χ4n) is 0.509. The molecule has 0 aliphatic heterocycles. The van der Waals surface area contributed by atoms with Crippen LogP contribution in [0.5, 0.6) is 5.06 Å². The number of aldehydes is 1. The van der Waals surface area contributed by atoms with Gasteiger partial charge in [0.1, 0.15) is 0 Å². The number of nitrogens with zero attached hydrogens (tertiary/aromatic N) is 1. The van der Waals surface area contributed by atoms with Crippen molar-refractivity contribution in [2.75, 3.05) is 0 Å². The Morgan fingerprint density at radius 1 is 1.78 bits per heavy atom. The van der Waals surface area contributed by atoms with Gasteiger partial charge in [-0.2, -0.15) is 0 Å². The Labute approximate surface area is 56.0 Å². The second-order valence-electron chi connectivity index (χ2n) is 1.54.